The molecule has 0 saturated carbocycles. The first-order valence-electron chi connectivity index (χ1n) is 6.58. The maximum Gasteiger partial charge on any atom is 0.160 e. The van der Waals surface area contributed by atoms with E-state index in [1.165, 1.54) is 0 Å². The van der Waals surface area contributed by atoms with Gasteiger partial charge in [0, 0.05) is 22.9 Å². The minimum Gasteiger partial charge on any atom is -0.490 e. The first-order chi connectivity index (χ1) is 8.95. The van der Waals surface area contributed by atoms with Crippen molar-refractivity contribution in [3.8, 4) is 5.75 Å². The summed E-state index contributed by atoms with van der Waals surface area (Å²) in [7, 11) is 0. The topological polar surface area (TPSA) is 35.5 Å². The van der Waals surface area contributed by atoms with Crippen LogP contribution in [0, 0.1) is 0 Å². The van der Waals surface area contributed by atoms with Crippen molar-refractivity contribution < 1.29 is 14.3 Å². The van der Waals surface area contributed by atoms with Crippen LogP contribution in [0.1, 0.15) is 44.0 Å². The molecule has 1 aromatic carbocycles. The van der Waals surface area contributed by atoms with Crippen LogP contribution in [0.2, 0.25) is 0 Å². The summed E-state index contributed by atoms with van der Waals surface area (Å²) < 4.78 is 12.5. The van der Waals surface area contributed by atoms with Crippen LogP contribution in [0.15, 0.2) is 22.7 Å². The molecule has 1 aromatic rings. The predicted octanol–water partition coefficient (Wildman–Crippen LogP) is 3.99. The van der Waals surface area contributed by atoms with Crippen LogP contribution in [0.25, 0.3) is 0 Å². The second-order valence-electron chi connectivity index (χ2n) is 5.17. The molecule has 0 radical (unpaired) electrons. The van der Waals surface area contributed by atoms with Crippen molar-refractivity contribution in [2.24, 2.45) is 0 Å². The van der Waals surface area contributed by atoms with E-state index in [1.54, 1.807) is 13.0 Å². The zero-order valence-corrected chi connectivity index (χ0v) is 13.1. The normalized spacial score (nSPS) is 27.1. The molecule has 0 N–H and O–H groups in total. The van der Waals surface area contributed by atoms with E-state index in [1.807, 2.05) is 12.1 Å². The Kier molecular flexibility index (Phi) is 4.63. The summed E-state index contributed by atoms with van der Waals surface area (Å²) in [5.41, 5.74) is 0.682. The van der Waals surface area contributed by atoms with Crippen molar-refractivity contribution in [3.05, 3.63) is 28.2 Å². The van der Waals surface area contributed by atoms with Crippen molar-refractivity contribution in [1.29, 1.82) is 0 Å². The fourth-order valence-corrected chi connectivity index (χ4v) is 3.12. The van der Waals surface area contributed by atoms with Gasteiger partial charge in [0.15, 0.2) is 5.78 Å². The Morgan fingerprint density at radius 3 is 2.47 bits per heavy atom. The van der Waals surface area contributed by atoms with Crippen molar-refractivity contribution in [2.75, 3.05) is 0 Å². The minimum absolute atomic E-state index is 0.0479. The SMILES string of the molecule is CC(=O)c1ccc(OC2CC(C)OC(C)C2)cc1Br. The molecule has 2 rings (SSSR count). The molecule has 1 fully saturated rings. The van der Waals surface area contributed by atoms with E-state index in [2.05, 4.69) is 29.8 Å². The van der Waals surface area contributed by atoms with E-state index in [-0.39, 0.29) is 24.1 Å². The van der Waals surface area contributed by atoms with E-state index in [0.717, 1.165) is 23.1 Å². The molecular formula is C15H19BrO3. The first kappa shape index (κ1) is 14.5. The molecule has 0 amide bonds. The van der Waals surface area contributed by atoms with Gasteiger partial charge in [-0.3, -0.25) is 4.79 Å². The molecule has 4 heteroatoms. The number of halogens is 1. The van der Waals surface area contributed by atoms with Gasteiger partial charge in [0.2, 0.25) is 0 Å². The van der Waals surface area contributed by atoms with Crippen LogP contribution in [-0.2, 0) is 4.74 Å². The second kappa shape index (κ2) is 6.06. The Balaban J connectivity index is 2.07. The Morgan fingerprint density at radius 1 is 1.32 bits per heavy atom. The summed E-state index contributed by atoms with van der Waals surface area (Å²) >= 11 is 3.41. The molecule has 3 nitrogen and oxygen atoms in total. The zero-order valence-electron chi connectivity index (χ0n) is 11.5. The predicted molar refractivity (Wildman–Crippen MR) is 77.8 cm³/mol. The number of carbonyl (C=O) groups excluding carboxylic acids is 1. The number of rotatable bonds is 3. The highest BCUT2D eigenvalue weighted by Crippen LogP contribution is 2.28. The third kappa shape index (κ3) is 3.80. The van der Waals surface area contributed by atoms with Gasteiger partial charge in [0.05, 0.1) is 12.2 Å². The van der Waals surface area contributed by atoms with Crippen molar-refractivity contribution in [3.63, 3.8) is 0 Å². The zero-order chi connectivity index (χ0) is 14.0. The maximum absolute atomic E-state index is 11.4. The molecule has 1 saturated heterocycles. The van der Waals surface area contributed by atoms with Gasteiger partial charge in [0.25, 0.3) is 0 Å². The molecule has 2 unspecified atom stereocenters. The Morgan fingerprint density at radius 2 is 1.95 bits per heavy atom. The van der Waals surface area contributed by atoms with Crippen LogP contribution in [0.3, 0.4) is 0 Å². The molecular weight excluding hydrogens is 308 g/mol. The number of hydrogen-bond donors (Lipinski definition) is 0. The van der Waals surface area contributed by atoms with Gasteiger partial charge in [-0.15, -0.1) is 0 Å². The number of Topliss-reactive ketones (excluding diaryl/α,β-unsaturated/α-hetero) is 1. The number of ether oxygens (including phenoxy) is 2. The Labute approximate surface area is 122 Å². The average Bonchev–Trinajstić information content (AvgIpc) is 2.26. The number of carbonyl (C=O) groups is 1. The first-order valence-corrected chi connectivity index (χ1v) is 7.37. The fourth-order valence-electron chi connectivity index (χ4n) is 2.49. The summed E-state index contributed by atoms with van der Waals surface area (Å²) in [5.74, 6) is 0.843. The molecule has 0 bridgehead atoms. The lowest BCUT2D eigenvalue weighted by molar-refractivity contribution is -0.0721. The third-order valence-electron chi connectivity index (χ3n) is 3.28. The molecule has 1 aliphatic heterocycles. The van der Waals surface area contributed by atoms with Crippen LogP contribution in [0.5, 0.6) is 5.75 Å². The van der Waals surface area contributed by atoms with Gasteiger partial charge >= 0.3 is 0 Å². The highest BCUT2D eigenvalue weighted by Gasteiger charge is 2.25. The summed E-state index contributed by atoms with van der Waals surface area (Å²) in [6.45, 7) is 5.70. The smallest absolute Gasteiger partial charge is 0.160 e. The van der Waals surface area contributed by atoms with Gasteiger partial charge in [0.1, 0.15) is 11.9 Å². The molecule has 0 aliphatic carbocycles. The van der Waals surface area contributed by atoms with Crippen molar-refractivity contribution >= 4 is 21.7 Å². The standard InChI is InChI=1S/C15H19BrO3/c1-9-6-13(7-10(2)18-9)19-12-4-5-14(11(3)17)15(16)8-12/h4-5,8-10,13H,6-7H2,1-3H3. The quantitative estimate of drug-likeness (QED) is 0.788. The van der Waals surface area contributed by atoms with Gasteiger partial charge in [-0.05, 0) is 54.9 Å². The highest BCUT2D eigenvalue weighted by atomic mass is 79.9. The van der Waals surface area contributed by atoms with E-state index >= 15 is 0 Å². The molecule has 104 valence electrons. The Hall–Kier alpha value is -0.870. The van der Waals surface area contributed by atoms with Crippen LogP contribution < -0.4 is 4.74 Å². The highest BCUT2D eigenvalue weighted by molar-refractivity contribution is 9.10. The van der Waals surface area contributed by atoms with E-state index < -0.39 is 0 Å². The van der Waals surface area contributed by atoms with E-state index in [0.29, 0.717) is 5.56 Å². The number of benzene rings is 1. The number of ketones is 1. The lowest BCUT2D eigenvalue weighted by Gasteiger charge is -2.32. The monoisotopic (exact) mass is 326 g/mol. The Bertz CT molecular complexity index is 462. The van der Waals surface area contributed by atoms with Gasteiger partial charge in [-0.2, -0.15) is 0 Å². The van der Waals surface area contributed by atoms with Crippen LogP contribution in [0.4, 0.5) is 0 Å². The van der Waals surface area contributed by atoms with Crippen LogP contribution in [-0.4, -0.2) is 24.1 Å². The number of hydrogen-bond acceptors (Lipinski definition) is 3. The molecule has 0 spiro atoms. The molecule has 19 heavy (non-hydrogen) atoms. The molecule has 0 aromatic heterocycles. The third-order valence-corrected chi connectivity index (χ3v) is 3.93. The summed E-state index contributed by atoms with van der Waals surface area (Å²) in [6, 6.07) is 5.52. The van der Waals surface area contributed by atoms with Gasteiger partial charge in [-0.25, -0.2) is 0 Å². The van der Waals surface area contributed by atoms with Crippen molar-refractivity contribution in [1.82, 2.24) is 0 Å². The van der Waals surface area contributed by atoms with Gasteiger partial charge in [-0.1, -0.05) is 0 Å². The molecule has 2 atom stereocenters. The summed E-state index contributed by atoms with van der Waals surface area (Å²) in [5, 5.41) is 0. The lowest BCUT2D eigenvalue weighted by Crippen LogP contribution is -2.35. The van der Waals surface area contributed by atoms with E-state index in [9.17, 15) is 4.79 Å². The minimum atomic E-state index is 0.0479. The second-order valence-corrected chi connectivity index (χ2v) is 6.02. The van der Waals surface area contributed by atoms with Crippen molar-refractivity contribution in [2.45, 2.75) is 51.9 Å². The van der Waals surface area contributed by atoms with Crippen LogP contribution >= 0.6 is 15.9 Å². The average molecular weight is 327 g/mol. The fraction of sp³-hybridized carbons (Fsp3) is 0.533. The lowest BCUT2D eigenvalue weighted by atomic mass is 10.0. The molecule has 1 heterocycles. The maximum atomic E-state index is 11.4. The molecule has 1 aliphatic rings. The van der Waals surface area contributed by atoms with Gasteiger partial charge < -0.3 is 9.47 Å². The largest absolute Gasteiger partial charge is 0.490 e. The summed E-state index contributed by atoms with van der Waals surface area (Å²) in [6.07, 6.45) is 2.43. The summed E-state index contributed by atoms with van der Waals surface area (Å²) in [4.78, 5) is 11.4. The van der Waals surface area contributed by atoms with E-state index in [4.69, 9.17) is 9.47 Å².